The number of fused-ring (bicyclic) bond motifs is 2. The maximum Gasteiger partial charge on any atom is 0.211 e. The number of carbonyl (C=O) groups is 1. The Balaban J connectivity index is 1.37. The summed E-state index contributed by atoms with van der Waals surface area (Å²) in [5.41, 5.74) is 5.42. The van der Waals surface area contributed by atoms with Crippen molar-refractivity contribution in [1.82, 2.24) is 14.5 Å². The number of ketones is 1. The van der Waals surface area contributed by atoms with E-state index in [9.17, 15) is 9.59 Å². The van der Waals surface area contributed by atoms with Gasteiger partial charge < -0.3 is 0 Å². The first kappa shape index (κ1) is 26.2. The van der Waals surface area contributed by atoms with Crippen molar-refractivity contribution < 1.29 is 4.79 Å². The molecule has 8 heteroatoms. The van der Waals surface area contributed by atoms with Crippen molar-refractivity contribution in [1.29, 1.82) is 0 Å². The van der Waals surface area contributed by atoms with Gasteiger partial charge in [-0.15, -0.1) is 11.3 Å². The van der Waals surface area contributed by atoms with Crippen molar-refractivity contribution in [3.63, 3.8) is 0 Å². The van der Waals surface area contributed by atoms with Crippen LogP contribution < -0.4 is 5.43 Å². The van der Waals surface area contributed by atoms with E-state index >= 15 is 0 Å². The Bertz CT molecular complexity index is 1710. The van der Waals surface area contributed by atoms with Gasteiger partial charge in [-0.3, -0.25) is 19.1 Å². The fourth-order valence-corrected chi connectivity index (χ4v) is 7.40. The fraction of sp³-hybridized carbons (Fsp3) is 0.194. The zero-order valence-corrected chi connectivity index (χ0v) is 24.6. The molecule has 0 bridgehead atoms. The van der Waals surface area contributed by atoms with Crippen molar-refractivity contribution in [3.8, 4) is 5.69 Å². The average Bonchev–Trinajstić information content (AvgIpc) is 3.31. The molecule has 0 fully saturated rings. The molecule has 0 saturated heterocycles. The average molecular weight is 617 g/mol. The van der Waals surface area contributed by atoms with E-state index in [1.54, 1.807) is 11.3 Å². The van der Waals surface area contributed by atoms with E-state index in [-0.39, 0.29) is 17.0 Å². The van der Waals surface area contributed by atoms with E-state index < -0.39 is 0 Å². The van der Waals surface area contributed by atoms with E-state index in [1.165, 1.54) is 17.3 Å². The van der Waals surface area contributed by atoms with Crippen molar-refractivity contribution in [3.05, 3.63) is 121 Å². The highest BCUT2D eigenvalue weighted by Gasteiger charge is 2.25. The number of nitrogens with zero attached hydrogens (tertiary/aromatic N) is 3. The lowest BCUT2D eigenvalue weighted by atomic mass is 10.1. The highest BCUT2D eigenvalue weighted by Crippen LogP contribution is 2.33. The molecule has 1 aliphatic heterocycles. The molecule has 0 unspecified atom stereocenters. The molecule has 0 aliphatic carbocycles. The van der Waals surface area contributed by atoms with Gasteiger partial charge >= 0.3 is 0 Å². The smallest absolute Gasteiger partial charge is 0.211 e. The van der Waals surface area contributed by atoms with Gasteiger partial charge in [0, 0.05) is 45.8 Å². The minimum atomic E-state index is 0.0186. The highest BCUT2D eigenvalue weighted by molar-refractivity contribution is 9.10. The van der Waals surface area contributed by atoms with Gasteiger partial charge in [0.1, 0.15) is 10.3 Å². The molecule has 0 radical (unpaired) electrons. The number of thioether (sulfide) groups is 1. The molecular formula is C31H26BrN3O2S2. The van der Waals surface area contributed by atoms with E-state index in [2.05, 4.69) is 80.9 Å². The summed E-state index contributed by atoms with van der Waals surface area (Å²) in [5.74, 6) is 0.261. The number of hydrogen-bond donors (Lipinski definition) is 0. The second-order valence-corrected chi connectivity index (χ2v) is 12.7. The molecule has 196 valence electrons. The number of carbonyl (C=O) groups excluding carboxylic acids is 1. The minimum absolute atomic E-state index is 0.0186. The van der Waals surface area contributed by atoms with Crippen LogP contribution in [0.3, 0.4) is 0 Å². The maximum atomic E-state index is 13.7. The van der Waals surface area contributed by atoms with Crippen LogP contribution in [0.2, 0.25) is 0 Å². The van der Waals surface area contributed by atoms with Crippen LogP contribution in [0.1, 0.15) is 31.9 Å². The number of Topliss-reactive ketones (excluding diaryl/α,β-unsaturated/α-hetero) is 1. The second-order valence-electron chi connectivity index (χ2n) is 9.72. The summed E-state index contributed by atoms with van der Waals surface area (Å²) in [7, 11) is 0. The maximum absolute atomic E-state index is 13.7. The van der Waals surface area contributed by atoms with Gasteiger partial charge in [-0.2, -0.15) is 0 Å². The summed E-state index contributed by atoms with van der Waals surface area (Å²) in [6, 6.07) is 26.1. The van der Waals surface area contributed by atoms with Gasteiger partial charge in [0.05, 0.1) is 5.75 Å². The van der Waals surface area contributed by atoms with Crippen molar-refractivity contribution in [2.24, 2.45) is 0 Å². The number of benzene rings is 3. The van der Waals surface area contributed by atoms with Crippen molar-refractivity contribution in [2.75, 3.05) is 12.3 Å². The van der Waals surface area contributed by atoms with Crippen molar-refractivity contribution >= 4 is 55.2 Å². The van der Waals surface area contributed by atoms with Gasteiger partial charge in [0.2, 0.25) is 5.43 Å². The highest BCUT2D eigenvalue weighted by atomic mass is 79.9. The lowest BCUT2D eigenvalue weighted by Crippen LogP contribution is -2.32. The van der Waals surface area contributed by atoms with Crippen LogP contribution in [0.15, 0.2) is 93.3 Å². The SMILES string of the molecule is Cc1ccc(-n2c(SCC(=O)c3ccc(Br)cc3)nc3c(=O)c4c(sc32)CN(Cc2ccccc2)CC4)cc1. The van der Waals surface area contributed by atoms with Gasteiger partial charge in [0.25, 0.3) is 0 Å². The molecule has 3 heterocycles. The van der Waals surface area contributed by atoms with Gasteiger partial charge in [0.15, 0.2) is 10.9 Å². The first-order chi connectivity index (χ1) is 19.0. The molecule has 5 nitrogen and oxygen atoms in total. The first-order valence-corrected chi connectivity index (χ1v) is 15.4. The zero-order valence-electron chi connectivity index (χ0n) is 21.4. The zero-order chi connectivity index (χ0) is 26.9. The molecular weight excluding hydrogens is 590 g/mol. The molecule has 39 heavy (non-hydrogen) atoms. The van der Waals surface area contributed by atoms with Crippen LogP contribution >= 0.6 is 39.0 Å². The van der Waals surface area contributed by atoms with Crippen molar-refractivity contribution in [2.45, 2.75) is 31.6 Å². The third kappa shape index (κ3) is 5.52. The predicted octanol–water partition coefficient (Wildman–Crippen LogP) is 7.05. The van der Waals surface area contributed by atoms with Gasteiger partial charge in [-0.1, -0.05) is 87.9 Å². The monoisotopic (exact) mass is 615 g/mol. The molecule has 0 spiro atoms. The van der Waals surface area contributed by atoms with Gasteiger partial charge in [-0.25, -0.2) is 4.98 Å². The number of rotatable bonds is 7. The summed E-state index contributed by atoms with van der Waals surface area (Å²) in [5, 5.41) is 0.663. The molecule has 0 atom stereocenters. The molecule has 0 saturated carbocycles. The van der Waals surface area contributed by atoms with Crippen LogP contribution in [0.4, 0.5) is 0 Å². The van der Waals surface area contributed by atoms with E-state index in [0.29, 0.717) is 16.2 Å². The third-order valence-corrected chi connectivity index (χ3v) is 9.59. The fourth-order valence-electron chi connectivity index (χ4n) is 4.85. The Labute approximate surface area is 243 Å². The second kappa shape index (κ2) is 11.2. The van der Waals surface area contributed by atoms with Crippen LogP contribution in [0.5, 0.6) is 0 Å². The number of aryl methyl sites for hydroxylation is 1. The molecule has 0 N–H and O–H groups in total. The quantitative estimate of drug-likeness (QED) is 0.145. The number of aromatic nitrogens is 2. The topological polar surface area (TPSA) is 55.2 Å². The van der Waals surface area contributed by atoms with Crippen LogP contribution in [-0.4, -0.2) is 32.5 Å². The Kier molecular flexibility index (Phi) is 7.53. The van der Waals surface area contributed by atoms with E-state index in [4.69, 9.17) is 4.98 Å². The Hall–Kier alpha value is -3.04. The normalized spacial score (nSPS) is 13.5. The third-order valence-electron chi connectivity index (χ3n) is 6.94. The number of hydrogen-bond acceptors (Lipinski definition) is 6. The summed E-state index contributed by atoms with van der Waals surface area (Å²) in [6.45, 7) is 4.50. The van der Waals surface area contributed by atoms with Crippen LogP contribution in [0, 0.1) is 6.92 Å². The molecule has 0 amide bonds. The van der Waals surface area contributed by atoms with Gasteiger partial charge in [-0.05, 0) is 43.2 Å². The standard InChI is InChI=1S/C31H26BrN3O2S2/c1-20-7-13-24(14-8-20)35-30-28(33-31(35)38-19-26(36)22-9-11-23(32)12-10-22)29(37)25-15-16-34(18-27(25)39-30)17-21-5-3-2-4-6-21/h2-14H,15-19H2,1H3. The summed E-state index contributed by atoms with van der Waals surface area (Å²) in [4.78, 5) is 35.8. The molecule has 5 aromatic rings. The predicted molar refractivity (Wildman–Crippen MR) is 163 cm³/mol. The molecule has 3 aromatic carbocycles. The van der Waals surface area contributed by atoms with Crippen LogP contribution in [0.25, 0.3) is 16.0 Å². The largest absolute Gasteiger partial charge is 0.294 e. The Morgan fingerprint density at radius 2 is 1.77 bits per heavy atom. The number of imidazole rings is 1. The molecule has 1 aliphatic rings. The first-order valence-electron chi connectivity index (χ1n) is 12.8. The molecule has 2 aromatic heterocycles. The summed E-state index contributed by atoms with van der Waals surface area (Å²) in [6.07, 6.45) is 0.718. The molecule has 6 rings (SSSR count). The lowest BCUT2D eigenvalue weighted by Gasteiger charge is -2.27. The Morgan fingerprint density at radius 1 is 1.03 bits per heavy atom. The Morgan fingerprint density at radius 3 is 2.51 bits per heavy atom. The van der Waals surface area contributed by atoms with Crippen LogP contribution in [-0.2, 0) is 19.5 Å². The lowest BCUT2D eigenvalue weighted by molar-refractivity contribution is 0.102. The van der Waals surface area contributed by atoms with E-state index in [1.807, 2.05) is 30.3 Å². The number of halogens is 1. The summed E-state index contributed by atoms with van der Waals surface area (Å²) >= 11 is 6.46. The minimum Gasteiger partial charge on any atom is -0.294 e. The summed E-state index contributed by atoms with van der Waals surface area (Å²) < 4.78 is 2.99. The van der Waals surface area contributed by atoms with E-state index in [0.717, 1.165) is 57.0 Å².